The van der Waals surface area contributed by atoms with Crippen LogP contribution in [-0.2, 0) is 4.79 Å². The van der Waals surface area contributed by atoms with Gasteiger partial charge in [0.05, 0.1) is 0 Å². The van der Waals surface area contributed by atoms with Crippen molar-refractivity contribution >= 4 is 13.2 Å². The smallest absolute Gasteiger partial charge is 0.408 e. The molecule has 0 spiro atoms. The number of carbonyl (C=O) groups is 1. The van der Waals surface area contributed by atoms with E-state index >= 15 is 0 Å². The lowest BCUT2D eigenvalue weighted by Gasteiger charge is -1.99. The van der Waals surface area contributed by atoms with Gasteiger partial charge in [0.15, 0.2) is 0 Å². The van der Waals surface area contributed by atoms with E-state index in [9.17, 15) is 4.79 Å². The predicted molar refractivity (Wildman–Crippen MR) is 33.1 cm³/mol. The highest BCUT2D eigenvalue weighted by atomic mass is 16.4. The third-order valence-electron chi connectivity index (χ3n) is 0.648. The van der Waals surface area contributed by atoms with Crippen molar-refractivity contribution in [3.63, 3.8) is 0 Å². The van der Waals surface area contributed by atoms with Crippen molar-refractivity contribution in [1.82, 2.24) is 5.23 Å². The molecule has 0 rings (SSSR count). The maximum Gasteiger partial charge on any atom is 0.587 e. The highest BCUT2D eigenvalue weighted by Gasteiger charge is 2.11. The van der Waals surface area contributed by atoms with Crippen molar-refractivity contribution in [2.24, 2.45) is 0 Å². The SMILES string of the molecule is C=C(C)C(=O)NB(O)O. The summed E-state index contributed by atoms with van der Waals surface area (Å²) in [5.74, 6) is -0.565. The Morgan fingerprint density at radius 2 is 2.11 bits per heavy atom. The van der Waals surface area contributed by atoms with E-state index in [2.05, 4.69) is 6.58 Å². The predicted octanol–water partition coefficient (Wildman–Crippen LogP) is -1.35. The summed E-state index contributed by atoms with van der Waals surface area (Å²) < 4.78 is 0. The minimum Gasteiger partial charge on any atom is -0.408 e. The fourth-order valence-corrected chi connectivity index (χ4v) is 0.240. The van der Waals surface area contributed by atoms with E-state index in [1.807, 2.05) is 5.23 Å². The number of carbonyl (C=O) groups excluding carboxylic acids is 1. The Morgan fingerprint density at radius 3 is 2.22 bits per heavy atom. The average Bonchev–Trinajstić information content (AvgIpc) is 1.63. The first-order valence-corrected chi connectivity index (χ1v) is 2.36. The van der Waals surface area contributed by atoms with Crippen LogP contribution in [0.5, 0.6) is 0 Å². The lowest BCUT2D eigenvalue weighted by Crippen LogP contribution is -2.39. The molecule has 0 radical (unpaired) electrons. The highest BCUT2D eigenvalue weighted by molar-refractivity contribution is 6.43. The molecule has 0 aromatic heterocycles. The third kappa shape index (κ3) is 3.75. The Morgan fingerprint density at radius 1 is 1.67 bits per heavy atom. The van der Waals surface area contributed by atoms with Crippen molar-refractivity contribution in [3.05, 3.63) is 12.2 Å². The maximum absolute atomic E-state index is 10.4. The Balaban J connectivity index is 3.65. The van der Waals surface area contributed by atoms with E-state index in [1.54, 1.807) is 0 Å². The second kappa shape index (κ2) is 3.27. The second-order valence-corrected chi connectivity index (χ2v) is 1.63. The van der Waals surface area contributed by atoms with Crippen molar-refractivity contribution in [3.8, 4) is 0 Å². The first kappa shape index (κ1) is 8.19. The molecule has 0 aromatic carbocycles. The lowest BCUT2D eigenvalue weighted by atomic mass is 10.1. The van der Waals surface area contributed by atoms with Crippen molar-refractivity contribution in [2.45, 2.75) is 6.92 Å². The number of rotatable bonds is 2. The largest absolute Gasteiger partial charge is 0.587 e. The van der Waals surface area contributed by atoms with Gasteiger partial charge in [0, 0.05) is 5.57 Å². The Labute approximate surface area is 53.4 Å². The van der Waals surface area contributed by atoms with Crippen LogP contribution in [-0.4, -0.2) is 23.2 Å². The molecule has 0 atom stereocenters. The van der Waals surface area contributed by atoms with E-state index in [-0.39, 0.29) is 5.57 Å². The molecule has 3 N–H and O–H groups in total. The fraction of sp³-hybridized carbons (Fsp3) is 0.250. The zero-order chi connectivity index (χ0) is 7.44. The highest BCUT2D eigenvalue weighted by Crippen LogP contribution is 1.83. The molecule has 9 heavy (non-hydrogen) atoms. The number of hydrogen-bond acceptors (Lipinski definition) is 3. The van der Waals surface area contributed by atoms with Gasteiger partial charge in [0.1, 0.15) is 0 Å². The van der Waals surface area contributed by atoms with Crippen LogP contribution in [0.15, 0.2) is 12.2 Å². The van der Waals surface area contributed by atoms with Crippen LogP contribution >= 0.6 is 0 Å². The molecule has 0 unspecified atom stereocenters. The third-order valence-corrected chi connectivity index (χ3v) is 0.648. The first-order valence-electron chi connectivity index (χ1n) is 2.36. The number of amides is 1. The summed E-state index contributed by atoms with van der Waals surface area (Å²) in [4.78, 5) is 10.4. The molecular formula is C4H8BNO3. The van der Waals surface area contributed by atoms with Gasteiger partial charge >= 0.3 is 7.25 Å². The molecule has 0 heterocycles. The van der Waals surface area contributed by atoms with Crippen molar-refractivity contribution < 1.29 is 14.8 Å². The van der Waals surface area contributed by atoms with Crippen LogP contribution in [0.1, 0.15) is 6.92 Å². The standard InChI is InChI=1S/C4H8BNO3/c1-3(2)4(7)6-5(8)9/h8-9H,1H2,2H3,(H,6,7). The molecule has 0 aromatic rings. The van der Waals surface area contributed by atoms with Gasteiger partial charge in [-0.25, -0.2) is 0 Å². The molecule has 0 saturated carbocycles. The summed E-state index contributed by atoms with van der Waals surface area (Å²) in [6, 6.07) is 0. The van der Waals surface area contributed by atoms with E-state index in [0.29, 0.717) is 0 Å². The molecule has 50 valence electrons. The molecule has 0 aliphatic rings. The van der Waals surface area contributed by atoms with E-state index in [0.717, 1.165) is 0 Å². The van der Waals surface area contributed by atoms with Gasteiger partial charge in [-0.05, 0) is 6.92 Å². The zero-order valence-corrected chi connectivity index (χ0v) is 5.09. The summed E-state index contributed by atoms with van der Waals surface area (Å²) in [6.45, 7) is 4.74. The van der Waals surface area contributed by atoms with Crippen molar-refractivity contribution in [2.75, 3.05) is 0 Å². The summed E-state index contributed by atoms with van der Waals surface area (Å²) in [5, 5.41) is 18.1. The molecule has 0 aliphatic heterocycles. The van der Waals surface area contributed by atoms with E-state index in [4.69, 9.17) is 10.0 Å². The maximum atomic E-state index is 10.4. The second-order valence-electron chi connectivity index (χ2n) is 1.63. The normalized spacial score (nSPS) is 8.33. The summed E-state index contributed by atoms with van der Waals surface area (Å²) in [5.41, 5.74) is 0.239. The minimum absolute atomic E-state index is 0.239. The van der Waals surface area contributed by atoms with E-state index in [1.165, 1.54) is 6.92 Å². The molecule has 5 heteroatoms. The molecule has 0 bridgehead atoms. The number of hydrogen-bond donors (Lipinski definition) is 3. The first-order chi connectivity index (χ1) is 4.04. The van der Waals surface area contributed by atoms with E-state index < -0.39 is 13.2 Å². The number of nitrogens with one attached hydrogen (secondary N) is 1. The lowest BCUT2D eigenvalue weighted by molar-refractivity contribution is -0.116. The summed E-state index contributed by atoms with van der Waals surface area (Å²) >= 11 is 0. The van der Waals surface area contributed by atoms with Crippen LogP contribution in [0.25, 0.3) is 0 Å². The van der Waals surface area contributed by atoms with Gasteiger partial charge in [-0.1, -0.05) is 6.58 Å². The topological polar surface area (TPSA) is 69.6 Å². The average molecular weight is 129 g/mol. The fourth-order valence-electron chi connectivity index (χ4n) is 0.240. The van der Waals surface area contributed by atoms with Gasteiger partial charge in [0.25, 0.3) is 0 Å². The van der Waals surface area contributed by atoms with Crippen LogP contribution in [0.2, 0.25) is 0 Å². The van der Waals surface area contributed by atoms with Crippen molar-refractivity contribution in [1.29, 1.82) is 0 Å². The van der Waals surface area contributed by atoms with Crippen LogP contribution < -0.4 is 5.23 Å². The van der Waals surface area contributed by atoms with Gasteiger partial charge in [-0.15, -0.1) is 0 Å². The molecule has 0 aliphatic carbocycles. The Bertz CT molecular complexity index is 134. The van der Waals surface area contributed by atoms with Gasteiger partial charge < -0.3 is 15.3 Å². The summed E-state index contributed by atoms with van der Waals surface area (Å²) in [7, 11) is -1.80. The van der Waals surface area contributed by atoms with Crippen LogP contribution in [0.4, 0.5) is 0 Å². The Kier molecular flexibility index (Phi) is 2.97. The minimum atomic E-state index is -1.80. The molecule has 0 saturated heterocycles. The quantitative estimate of drug-likeness (QED) is 0.318. The molecule has 0 fully saturated rings. The monoisotopic (exact) mass is 129 g/mol. The molecular weight excluding hydrogens is 121 g/mol. The van der Waals surface area contributed by atoms with Gasteiger partial charge in [-0.2, -0.15) is 0 Å². The zero-order valence-electron chi connectivity index (χ0n) is 5.09. The van der Waals surface area contributed by atoms with Gasteiger partial charge in [-0.3, -0.25) is 4.79 Å². The van der Waals surface area contributed by atoms with Crippen LogP contribution in [0.3, 0.4) is 0 Å². The van der Waals surface area contributed by atoms with Crippen LogP contribution in [0, 0.1) is 0 Å². The van der Waals surface area contributed by atoms with Gasteiger partial charge in [0.2, 0.25) is 5.91 Å². The molecule has 1 amide bonds. The molecule has 4 nitrogen and oxygen atoms in total. The Hall–Kier alpha value is -0.805. The summed E-state index contributed by atoms with van der Waals surface area (Å²) in [6.07, 6.45) is 0.